The molecule has 2 bridgehead atoms. The summed E-state index contributed by atoms with van der Waals surface area (Å²) in [7, 11) is 1.45. The smallest absolute Gasteiger partial charge is 0.272 e. The number of hydrogen-bond acceptors (Lipinski definition) is 9. The number of methoxy groups -OCH3 is 1. The lowest BCUT2D eigenvalue weighted by Gasteiger charge is -2.36. The fourth-order valence-corrected chi connectivity index (χ4v) is 6.77. The van der Waals surface area contributed by atoms with Crippen LogP contribution in [0.5, 0.6) is 5.75 Å². The minimum atomic E-state index is -0.520. The number of benzene rings is 2. The Balaban J connectivity index is 1.10. The zero-order chi connectivity index (χ0) is 29.9. The molecule has 0 spiro atoms. The maximum atomic E-state index is 12.2. The summed E-state index contributed by atoms with van der Waals surface area (Å²) in [6.07, 6.45) is 2.64. The molecule has 2 N–H and O–H groups in total. The number of nitrogen functional groups attached to an aromatic ring is 1. The Morgan fingerprint density at radius 3 is 2.43 bits per heavy atom. The van der Waals surface area contributed by atoms with Crippen molar-refractivity contribution in [3.05, 3.63) is 111 Å². The molecular weight excluding hydrogens is 554 g/mol. The van der Waals surface area contributed by atoms with Crippen LogP contribution in [0.3, 0.4) is 0 Å². The summed E-state index contributed by atoms with van der Waals surface area (Å²) in [4.78, 5) is 42.9. The van der Waals surface area contributed by atoms with Crippen LogP contribution in [-0.4, -0.2) is 56.7 Å². The second kappa shape index (κ2) is 10.1. The van der Waals surface area contributed by atoms with Crippen LogP contribution in [0.25, 0.3) is 39.5 Å². The number of imidazole rings is 1. The van der Waals surface area contributed by atoms with Crippen molar-refractivity contribution in [3.8, 4) is 34.1 Å². The molecule has 0 radical (unpaired) electrons. The standard InChI is InChI=1S/C34H29N7O3/c1-44-31-28(29(42)30(31)43)40-19-23-16-24(40)18-39(23)17-20-9-11-22(12-10-20)41-33(25-8-5-15-36-32(25)35)38-27-14-13-26(37-34(27)41)21-6-3-2-4-7-21/h2-15,23-24H,16-19H2,1H3,(H2,35,36)/t23-,24-/m1/s1. The van der Waals surface area contributed by atoms with Crippen LogP contribution in [0.15, 0.2) is 94.6 Å². The Bertz CT molecular complexity index is 2100. The number of hydrogen-bond donors (Lipinski definition) is 1. The van der Waals surface area contributed by atoms with E-state index in [9.17, 15) is 9.59 Å². The van der Waals surface area contributed by atoms with Crippen LogP contribution >= 0.6 is 0 Å². The van der Waals surface area contributed by atoms with E-state index < -0.39 is 10.9 Å². The van der Waals surface area contributed by atoms with Crippen molar-refractivity contribution in [1.82, 2.24) is 24.4 Å². The van der Waals surface area contributed by atoms with Gasteiger partial charge in [0.05, 0.1) is 18.4 Å². The number of aromatic nitrogens is 4. The highest BCUT2D eigenvalue weighted by atomic mass is 16.5. The number of piperazine rings is 1. The predicted molar refractivity (Wildman–Crippen MR) is 170 cm³/mol. The van der Waals surface area contributed by atoms with E-state index in [0.717, 1.165) is 59.7 Å². The van der Waals surface area contributed by atoms with E-state index in [2.05, 4.69) is 39.0 Å². The van der Waals surface area contributed by atoms with Gasteiger partial charge in [-0.1, -0.05) is 42.5 Å². The molecule has 8 rings (SSSR count). The average molecular weight is 584 g/mol. The van der Waals surface area contributed by atoms with Gasteiger partial charge in [-0.05, 0) is 48.4 Å². The SMILES string of the molecule is COc1c(N2C[C@H]3C[C@@H]2CN3Cc2ccc(-n3c(-c4cccnc4N)nc4ccc(-c5ccccc5)nc43)cc2)c(=O)c1=O. The Kier molecular flexibility index (Phi) is 6.05. The molecule has 0 saturated carbocycles. The van der Waals surface area contributed by atoms with Gasteiger partial charge in [-0.15, -0.1) is 0 Å². The number of fused-ring (bicyclic) bond motifs is 3. The number of nitrogens with two attached hydrogens (primary N) is 1. The molecule has 0 aliphatic carbocycles. The van der Waals surface area contributed by atoms with E-state index in [1.54, 1.807) is 6.20 Å². The van der Waals surface area contributed by atoms with E-state index in [4.69, 9.17) is 20.4 Å². The summed E-state index contributed by atoms with van der Waals surface area (Å²) in [5.74, 6) is 1.29. The monoisotopic (exact) mass is 583 g/mol. The average Bonchev–Trinajstić information content (AvgIpc) is 3.76. The molecule has 2 aliphatic rings. The van der Waals surface area contributed by atoms with E-state index in [1.807, 2.05) is 59.2 Å². The van der Waals surface area contributed by atoms with Gasteiger partial charge in [0.1, 0.15) is 17.0 Å². The van der Waals surface area contributed by atoms with E-state index in [1.165, 1.54) is 12.7 Å². The number of nitrogens with zero attached hydrogens (tertiary/aromatic N) is 6. The van der Waals surface area contributed by atoms with Crippen molar-refractivity contribution >= 4 is 22.7 Å². The topological polar surface area (TPSA) is 119 Å². The maximum Gasteiger partial charge on any atom is 0.272 e. The molecule has 2 aliphatic heterocycles. The predicted octanol–water partition coefficient (Wildman–Crippen LogP) is 3.80. The number of anilines is 2. The van der Waals surface area contributed by atoms with Gasteiger partial charge in [0.15, 0.2) is 17.2 Å². The highest BCUT2D eigenvalue weighted by Gasteiger charge is 2.46. The van der Waals surface area contributed by atoms with Crippen molar-refractivity contribution < 1.29 is 4.74 Å². The van der Waals surface area contributed by atoms with Crippen LogP contribution in [0.2, 0.25) is 0 Å². The van der Waals surface area contributed by atoms with Crippen molar-refractivity contribution in [1.29, 1.82) is 0 Å². The Morgan fingerprint density at radius 1 is 0.886 bits per heavy atom. The third-order valence-electron chi connectivity index (χ3n) is 8.92. The second-order valence-corrected chi connectivity index (χ2v) is 11.4. The summed E-state index contributed by atoms with van der Waals surface area (Å²) >= 11 is 0. The van der Waals surface area contributed by atoms with E-state index in [-0.39, 0.29) is 11.8 Å². The van der Waals surface area contributed by atoms with Gasteiger partial charge in [0.2, 0.25) is 0 Å². The fourth-order valence-electron chi connectivity index (χ4n) is 6.77. The fraction of sp³-hybridized carbons (Fsp3) is 0.206. The highest BCUT2D eigenvalue weighted by molar-refractivity contribution is 5.84. The summed E-state index contributed by atoms with van der Waals surface area (Å²) < 4.78 is 7.25. The number of pyridine rings is 2. The molecule has 2 saturated heterocycles. The van der Waals surface area contributed by atoms with Crippen molar-refractivity contribution in [2.24, 2.45) is 0 Å². The van der Waals surface area contributed by atoms with Gasteiger partial charge in [0.25, 0.3) is 10.9 Å². The quantitative estimate of drug-likeness (QED) is 0.280. The van der Waals surface area contributed by atoms with Gasteiger partial charge in [-0.25, -0.2) is 15.0 Å². The van der Waals surface area contributed by atoms with E-state index >= 15 is 0 Å². The zero-order valence-electron chi connectivity index (χ0n) is 24.1. The van der Waals surface area contributed by atoms with Gasteiger partial charge in [0, 0.05) is 49.2 Å². The molecule has 0 unspecified atom stereocenters. The minimum Gasteiger partial charge on any atom is -0.491 e. The molecule has 44 heavy (non-hydrogen) atoms. The Labute approximate surface area is 252 Å². The third kappa shape index (κ3) is 4.10. The van der Waals surface area contributed by atoms with Crippen molar-refractivity contribution in [3.63, 3.8) is 0 Å². The second-order valence-electron chi connectivity index (χ2n) is 11.4. The van der Waals surface area contributed by atoms with Crippen molar-refractivity contribution in [2.45, 2.75) is 25.0 Å². The normalized spacial score (nSPS) is 18.1. The van der Waals surface area contributed by atoms with Gasteiger partial charge in [-0.3, -0.25) is 19.1 Å². The molecule has 0 amide bonds. The number of ether oxygens (including phenoxy) is 1. The first kappa shape index (κ1) is 26.3. The van der Waals surface area contributed by atoms with Crippen LogP contribution in [0.4, 0.5) is 11.5 Å². The molecule has 3 aromatic heterocycles. The van der Waals surface area contributed by atoms with E-state index in [0.29, 0.717) is 23.4 Å². The highest BCUT2D eigenvalue weighted by Crippen LogP contribution is 2.38. The zero-order valence-corrected chi connectivity index (χ0v) is 24.1. The van der Waals surface area contributed by atoms with Crippen LogP contribution in [0, 0.1) is 0 Å². The lowest BCUT2D eigenvalue weighted by molar-refractivity contribution is 0.229. The summed E-state index contributed by atoms with van der Waals surface area (Å²) in [5.41, 5.74) is 12.1. The van der Waals surface area contributed by atoms with Gasteiger partial charge >= 0.3 is 0 Å². The molecule has 2 atom stereocenters. The first-order valence-corrected chi connectivity index (χ1v) is 14.6. The lowest BCUT2D eigenvalue weighted by atomic mass is 10.1. The largest absolute Gasteiger partial charge is 0.491 e. The third-order valence-corrected chi connectivity index (χ3v) is 8.92. The lowest BCUT2D eigenvalue weighted by Crippen LogP contribution is -2.50. The first-order chi connectivity index (χ1) is 21.5. The summed E-state index contributed by atoms with van der Waals surface area (Å²) in [6, 6.07) is 26.9. The Morgan fingerprint density at radius 2 is 1.70 bits per heavy atom. The summed E-state index contributed by atoms with van der Waals surface area (Å²) in [6.45, 7) is 2.34. The van der Waals surface area contributed by atoms with Crippen LogP contribution in [-0.2, 0) is 6.54 Å². The van der Waals surface area contributed by atoms with Gasteiger partial charge < -0.3 is 15.4 Å². The molecule has 2 fully saturated rings. The Hall–Kier alpha value is -5.35. The maximum absolute atomic E-state index is 12.2. The summed E-state index contributed by atoms with van der Waals surface area (Å²) in [5, 5.41) is 0. The first-order valence-electron chi connectivity index (χ1n) is 14.6. The van der Waals surface area contributed by atoms with Crippen LogP contribution < -0.4 is 26.2 Å². The molecule has 10 nitrogen and oxygen atoms in total. The molecule has 3 aromatic carbocycles. The van der Waals surface area contributed by atoms with Crippen LogP contribution in [0.1, 0.15) is 12.0 Å². The molecule has 10 heteroatoms. The van der Waals surface area contributed by atoms with Gasteiger partial charge in [-0.2, -0.15) is 0 Å². The molecular formula is C34H29N7O3. The molecule has 5 heterocycles. The molecule has 6 aromatic rings. The number of rotatable bonds is 7. The van der Waals surface area contributed by atoms with Crippen molar-refractivity contribution in [2.75, 3.05) is 30.8 Å². The number of likely N-dealkylation sites (tertiary alicyclic amines) is 1. The minimum absolute atomic E-state index is 0.200. The molecule has 218 valence electrons.